The third kappa shape index (κ3) is 8.49. The van der Waals surface area contributed by atoms with Gasteiger partial charge in [0.05, 0.1) is 6.61 Å². The predicted molar refractivity (Wildman–Crippen MR) is 166 cm³/mol. The molecule has 45 heavy (non-hydrogen) atoms. The lowest BCUT2D eigenvalue weighted by molar-refractivity contribution is -0.605. The van der Waals surface area contributed by atoms with Crippen molar-refractivity contribution in [2.45, 2.75) is 43.8 Å². The summed E-state index contributed by atoms with van der Waals surface area (Å²) >= 11 is 14.0. The third-order valence-electron chi connectivity index (χ3n) is 7.42. The molecule has 0 bridgehead atoms. The second-order valence-electron chi connectivity index (χ2n) is 10.7. The molecule has 2 N–H and O–H groups in total. The van der Waals surface area contributed by atoms with Crippen LogP contribution in [0.25, 0.3) is 0 Å². The topological polar surface area (TPSA) is 118 Å². The Morgan fingerprint density at radius 1 is 1.09 bits per heavy atom. The Bertz CT molecular complexity index is 1510. The summed E-state index contributed by atoms with van der Waals surface area (Å²) in [5.41, 5.74) is 7.77. The lowest BCUT2D eigenvalue weighted by atomic mass is 10.0. The van der Waals surface area contributed by atoms with E-state index < -0.39 is 24.1 Å². The fourth-order valence-electron chi connectivity index (χ4n) is 4.88. The lowest BCUT2D eigenvalue weighted by Crippen LogP contribution is -2.40. The van der Waals surface area contributed by atoms with E-state index in [9.17, 15) is 23.6 Å². The molecule has 0 radical (unpaired) electrons. The molecule has 1 unspecified atom stereocenters. The Morgan fingerprint density at radius 3 is 2.44 bits per heavy atom. The summed E-state index contributed by atoms with van der Waals surface area (Å²) < 4.78 is 43.3. The van der Waals surface area contributed by atoms with Crippen molar-refractivity contribution in [1.29, 1.82) is 0 Å². The van der Waals surface area contributed by atoms with E-state index in [1.165, 1.54) is 34.9 Å². The molecule has 1 aromatic heterocycles. The number of halogens is 4. The quantitative estimate of drug-likeness (QED) is 0.142. The standard InChI is InChI=1S/C31H31Cl2F2N3O6S/c32-23-15-37(41)16-24(33)22(23)14-26(21-7-8-25(44-31(34)35)27(13-21)42-17-19-1-2-19)43-30(40)29-38(11-12-45-29)28(39)20-5-3-18(4-6-20)9-10-36/h3-8,13,15-16,19,26,29,31H,1-2,9-12,14,17,36H2/t26-,29?/m0/s1. The van der Waals surface area contributed by atoms with Crippen LogP contribution in [-0.4, -0.2) is 54.2 Å². The van der Waals surface area contributed by atoms with Crippen molar-refractivity contribution >= 4 is 46.8 Å². The van der Waals surface area contributed by atoms with Crippen LogP contribution in [0.3, 0.4) is 0 Å². The minimum atomic E-state index is -3.08. The van der Waals surface area contributed by atoms with Gasteiger partial charge in [0, 0.05) is 29.8 Å². The number of alkyl halides is 2. The molecule has 240 valence electrons. The first kappa shape index (κ1) is 33.1. The van der Waals surface area contributed by atoms with E-state index in [0.29, 0.717) is 59.2 Å². The average Bonchev–Trinajstić information content (AvgIpc) is 3.70. The van der Waals surface area contributed by atoms with Crippen LogP contribution in [0.4, 0.5) is 8.78 Å². The summed E-state index contributed by atoms with van der Waals surface area (Å²) in [4.78, 5) is 28.6. The number of carbonyl (C=O) groups is 2. The molecule has 1 amide bonds. The van der Waals surface area contributed by atoms with Gasteiger partial charge in [0.25, 0.3) is 5.91 Å². The molecule has 1 saturated carbocycles. The molecule has 2 aliphatic rings. The number of pyridine rings is 1. The van der Waals surface area contributed by atoms with E-state index in [1.807, 2.05) is 12.1 Å². The molecule has 0 spiro atoms. The maximum atomic E-state index is 13.7. The first-order chi connectivity index (χ1) is 21.6. The van der Waals surface area contributed by atoms with Crippen LogP contribution in [-0.2, 0) is 22.4 Å². The number of thioether (sulfide) groups is 1. The zero-order valence-electron chi connectivity index (χ0n) is 24.0. The average molecular weight is 683 g/mol. The van der Waals surface area contributed by atoms with E-state index in [2.05, 4.69) is 4.74 Å². The number of carbonyl (C=O) groups excluding carboxylic acids is 2. The Hall–Kier alpha value is -3.32. The number of amides is 1. The molecule has 2 heterocycles. The number of hydrogen-bond acceptors (Lipinski definition) is 8. The molecule has 2 atom stereocenters. The maximum absolute atomic E-state index is 13.7. The first-order valence-electron chi connectivity index (χ1n) is 14.3. The summed E-state index contributed by atoms with van der Waals surface area (Å²) in [6.07, 6.45) is 3.76. The molecule has 2 aromatic carbocycles. The Labute approximate surface area is 273 Å². The molecule has 1 aliphatic carbocycles. The highest BCUT2D eigenvalue weighted by Crippen LogP contribution is 2.38. The minimum absolute atomic E-state index is 0.0477. The molecule has 14 heteroatoms. The van der Waals surface area contributed by atoms with Gasteiger partial charge in [-0.05, 0) is 67.1 Å². The number of benzene rings is 2. The molecule has 2 fully saturated rings. The van der Waals surface area contributed by atoms with Gasteiger partial charge in [-0.1, -0.05) is 41.4 Å². The highest BCUT2D eigenvalue weighted by atomic mass is 35.5. The van der Waals surface area contributed by atoms with Gasteiger partial charge >= 0.3 is 12.6 Å². The van der Waals surface area contributed by atoms with Crippen molar-refractivity contribution in [3.8, 4) is 11.5 Å². The summed E-state index contributed by atoms with van der Waals surface area (Å²) in [5.74, 6) is -0.277. The molecule has 5 rings (SSSR count). The Kier molecular flexibility index (Phi) is 10.9. The van der Waals surface area contributed by atoms with Crippen LogP contribution >= 0.6 is 35.0 Å². The van der Waals surface area contributed by atoms with E-state index in [4.69, 9.17) is 38.4 Å². The van der Waals surface area contributed by atoms with Gasteiger partial charge < -0.3 is 30.1 Å². The van der Waals surface area contributed by atoms with Gasteiger partial charge in [0.15, 0.2) is 29.3 Å². The van der Waals surface area contributed by atoms with Crippen molar-refractivity contribution in [1.82, 2.24) is 4.90 Å². The number of nitrogens with zero attached hydrogens (tertiary/aromatic N) is 2. The van der Waals surface area contributed by atoms with Gasteiger partial charge in [-0.3, -0.25) is 4.79 Å². The van der Waals surface area contributed by atoms with Crippen molar-refractivity contribution in [3.05, 3.63) is 92.4 Å². The number of esters is 1. The fourth-order valence-corrected chi connectivity index (χ4v) is 6.58. The summed E-state index contributed by atoms with van der Waals surface area (Å²) in [6, 6.07) is 11.3. The number of aromatic nitrogens is 1. The largest absolute Gasteiger partial charge is 0.619 e. The monoisotopic (exact) mass is 681 g/mol. The highest BCUT2D eigenvalue weighted by Gasteiger charge is 2.38. The third-order valence-corrected chi connectivity index (χ3v) is 9.25. The van der Waals surface area contributed by atoms with Crippen LogP contribution in [0.15, 0.2) is 54.9 Å². The number of rotatable bonds is 13. The zero-order chi connectivity index (χ0) is 32.1. The van der Waals surface area contributed by atoms with Crippen molar-refractivity contribution in [2.75, 3.05) is 25.4 Å². The number of hydrogen-bond donors (Lipinski definition) is 1. The second-order valence-corrected chi connectivity index (χ2v) is 12.7. The molecule has 3 aromatic rings. The molecular weight excluding hydrogens is 651 g/mol. The van der Waals surface area contributed by atoms with Gasteiger partial charge in [0.2, 0.25) is 0 Å². The SMILES string of the molecule is NCCc1ccc(C(=O)N2CCSC2C(=O)O[C@@H](Cc2c(Cl)c[n+]([O-])cc2Cl)c2ccc(OC(F)F)c(OCC3CC3)c2)cc1. The predicted octanol–water partition coefficient (Wildman–Crippen LogP) is 5.56. The smallest absolute Gasteiger partial charge is 0.387 e. The molecular formula is C31H31Cl2F2N3O6S. The normalized spacial score (nSPS) is 16.9. The second kappa shape index (κ2) is 14.8. The van der Waals surface area contributed by atoms with Gasteiger partial charge in [-0.25, -0.2) is 4.79 Å². The van der Waals surface area contributed by atoms with Crippen molar-refractivity contribution in [2.24, 2.45) is 11.7 Å². The molecule has 1 saturated heterocycles. The van der Waals surface area contributed by atoms with Crippen molar-refractivity contribution < 1.29 is 37.3 Å². The van der Waals surface area contributed by atoms with E-state index in [1.54, 1.807) is 12.1 Å². The van der Waals surface area contributed by atoms with E-state index >= 15 is 0 Å². The maximum Gasteiger partial charge on any atom is 0.387 e. The van der Waals surface area contributed by atoms with Gasteiger partial charge in [0.1, 0.15) is 16.1 Å². The molecule has 9 nitrogen and oxygen atoms in total. The van der Waals surface area contributed by atoms with Crippen molar-refractivity contribution in [3.63, 3.8) is 0 Å². The zero-order valence-corrected chi connectivity index (χ0v) is 26.3. The van der Waals surface area contributed by atoms with Crippen LogP contribution in [0.1, 0.15) is 46.0 Å². The molecule has 1 aliphatic heterocycles. The summed E-state index contributed by atoms with van der Waals surface area (Å²) in [5, 5.41) is 11.0. The van der Waals surface area contributed by atoms with Crippen LogP contribution in [0, 0.1) is 11.1 Å². The fraction of sp³-hybridized carbons (Fsp3) is 0.387. The lowest BCUT2D eigenvalue weighted by Gasteiger charge is -2.26. The van der Waals surface area contributed by atoms with Crippen LogP contribution in [0.5, 0.6) is 11.5 Å². The van der Waals surface area contributed by atoms with Crippen LogP contribution in [0.2, 0.25) is 10.0 Å². The summed E-state index contributed by atoms with van der Waals surface area (Å²) in [6.45, 7) is -1.95. The number of ether oxygens (including phenoxy) is 3. The van der Waals surface area contributed by atoms with Gasteiger partial charge in [-0.2, -0.15) is 13.5 Å². The van der Waals surface area contributed by atoms with E-state index in [-0.39, 0.29) is 33.9 Å². The van der Waals surface area contributed by atoms with Crippen LogP contribution < -0.4 is 19.9 Å². The number of nitrogens with two attached hydrogens (primary N) is 1. The minimum Gasteiger partial charge on any atom is -0.619 e. The van der Waals surface area contributed by atoms with Gasteiger partial charge in [-0.15, -0.1) is 11.8 Å². The Morgan fingerprint density at radius 2 is 1.80 bits per heavy atom. The first-order valence-corrected chi connectivity index (χ1v) is 16.1. The summed E-state index contributed by atoms with van der Waals surface area (Å²) in [7, 11) is 0. The Balaban J connectivity index is 1.42. The highest BCUT2D eigenvalue weighted by molar-refractivity contribution is 8.00. The van der Waals surface area contributed by atoms with E-state index in [0.717, 1.165) is 30.8 Å².